The summed E-state index contributed by atoms with van der Waals surface area (Å²) in [7, 11) is 0. The van der Waals surface area contributed by atoms with E-state index in [0.29, 0.717) is 12.8 Å². The molecule has 0 radical (unpaired) electrons. The molecule has 2 saturated carbocycles. The van der Waals surface area contributed by atoms with Gasteiger partial charge in [0.2, 0.25) is 0 Å². The number of carbonyl (C=O) groups excluding carboxylic acids is 1. The molecule has 2 aromatic carbocycles. The lowest BCUT2D eigenvalue weighted by molar-refractivity contribution is -0.160. The molecular weight excluding hydrogens is 432 g/mol. The third-order valence-corrected chi connectivity index (χ3v) is 8.21. The zero-order valence-electron chi connectivity index (χ0n) is 20.1. The quantitative estimate of drug-likeness (QED) is 0.370. The maximum absolute atomic E-state index is 12.8. The van der Waals surface area contributed by atoms with Crippen molar-refractivity contribution < 1.29 is 29.6 Å². The van der Waals surface area contributed by atoms with Gasteiger partial charge in [-0.1, -0.05) is 31.2 Å². The summed E-state index contributed by atoms with van der Waals surface area (Å²) < 4.78 is 5.63. The van der Waals surface area contributed by atoms with Crippen LogP contribution in [0.15, 0.2) is 36.4 Å². The lowest BCUT2D eigenvalue weighted by atomic mass is 9.72. The molecule has 0 spiro atoms. The highest BCUT2D eigenvalue weighted by atomic mass is 16.5. The van der Waals surface area contributed by atoms with Crippen LogP contribution in [-0.4, -0.2) is 33.9 Å². The molecule has 4 unspecified atom stereocenters. The maximum Gasteiger partial charge on any atom is 0.310 e. The average Bonchev–Trinajstić information content (AvgIpc) is 3.42. The standard InChI is InChI=1S/C28H34O6/c1-16-13-20(7-9-22(16)29)28(3,21-8-10-23(30)17(2)14-21)11-4-12-34-27(33)25-19-6-5-18(15-19)24(25)26(31)32/h7-10,13-14,18-19,24-25,29-30H,4-6,11-12,15H2,1-3H3,(H,31,32). The lowest BCUT2D eigenvalue weighted by Crippen LogP contribution is -2.36. The number of esters is 1. The Labute approximate surface area is 200 Å². The van der Waals surface area contributed by atoms with E-state index in [0.717, 1.165) is 41.5 Å². The van der Waals surface area contributed by atoms with Crippen LogP contribution < -0.4 is 0 Å². The second kappa shape index (κ2) is 9.32. The van der Waals surface area contributed by atoms with Crippen molar-refractivity contribution in [2.75, 3.05) is 6.61 Å². The van der Waals surface area contributed by atoms with Crippen LogP contribution in [0, 0.1) is 37.5 Å². The number of aliphatic carboxylic acids is 1. The van der Waals surface area contributed by atoms with Crippen LogP contribution in [0.25, 0.3) is 0 Å². The number of ether oxygens (including phenoxy) is 1. The minimum atomic E-state index is -0.882. The molecule has 0 amide bonds. The number of fused-ring (bicyclic) bond motifs is 2. The Morgan fingerprint density at radius 1 is 0.941 bits per heavy atom. The van der Waals surface area contributed by atoms with Crippen molar-refractivity contribution in [1.29, 1.82) is 0 Å². The summed E-state index contributed by atoms with van der Waals surface area (Å²) in [6, 6.07) is 11.1. The molecule has 2 aliphatic rings. The van der Waals surface area contributed by atoms with Crippen LogP contribution >= 0.6 is 0 Å². The molecule has 34 heavy (non-hydrogen) atoms. The minimum Gasteiger partial charge on any atom is -0.508 e. The number of carboxylic acids is 1. The van der Waals surface area contributed by atoms with Crippen molar-refractivity contribution in [3.63, 3.8) is 0 Å². The molecule has 2 aliphatic carbocycles. The number of aromatic hydroxyl groups is 2. The number of carbonyl (C=O) groups is 2. The summed E-state index contributed by atoms with van der Waals surface area (Å²) in [6.45, 7) is 6.06. The minimum absolute atomic E-state index is 0.0961. The number of hydrogen-bond donors (Lipinski definition) is 3. The first-order valence-corrected chi connectivity index (χ1v) is 12.1. The van der Waals surface area contributed by atoms with Gasteiger partial charge in [0.25, 0.3) is 0 Å². The van der Waals surface area contributed by atoms with Crippen molar-refractivity contribution in [3.8, 4) is 11.5 Å². The Morgan fingerprint density at radius 3 is 1.97 bits per heavy atom. The van der Waals surface area contributed by atoms with E-state index in [1.165, 1.54) is 0 Å². The molecule has 6 heteroatoms. The highest BCUT2D eigenvalue weighted by molar-refractivity contribution is 5.82. The van der Waals surface area contributed by atoms with Gasteiger partial charge in [-0.2, -0.15) is 0 Å². The van der Waals surface area contributed by atoms with Gasteiger partial charge >= 0.3 is 11.9 Å². The van der Waals surface area contributed by atoms with Crippen LogP contribution in [-0.2, 0) is 19.7 Å². The largest absolute Gasteiger partial charge is 0.508 e. The fourth-order valence-corrected chi connectivity index (χ4v) is 6.13. The summed E-state index contributed by atoms with van der Waals surface area (Å²) >= 11 is 0. The van der Waals surface area contributed by atoms with E-state index >= 15 is 0 Å². The Bertz CT molecular complexity index is 1040. The van der Waals surface area contributed by atoms with E-state index in [2.05, 4.69) is 6.92 Å². The molecule has 4 rings (SSSR count). The predicted octanol–water partition coefficient (Wildman–Crippen LogP) is 5.09. The Kier molecular flexibility index (Phi) is 6.61. The molecule has 4 atom stereocenters. The van der Waals surface area contributed by atoms with E-state index in [9.17, 15) is 24.9 Å². The van der Waals surface area contributed by atoms with E-state index < -0.39 is 23.2 Å². The highest BCUT2D eigenvalue weighted by Gasteiger charge is 2.54. The Hall–Kier alpha value is -3.02. The van der Waals surface area contributed by atoms with Crippen LogP contribution in [0.2, 0.25) is 0 Å². The SMILES string of the molecule is Cc1cc(C(C)(CCCOC(=O)C2C3CCC(C3)C2C(=O)O)c2ccc(O)c(C)c2)ccc1O. The van der Waals surface area contributed by atoms with Crippen LogP contribution in [0.5, 0.6) is 11.5 Å². The molecule has 0 heterocycles. The molecule has 2 fully saturated rings. The molecule has 3 N–H and O–H groups in total. The first kappa shape index (κ1) is 24.1. The number of benzene rings is 2. The van der Waals surface area contributed by atoms with Crippen molar-refractivity contribution >= 4 is 11.9 Å². The summed E-state index contributed by atoms with van der Waals surface area (Å²) in [5.41, 5.74) is 3.18. The monoisotopic (exact) mass is 466 g/mol. The first-order chi connectivity index (χ1) is 16.1. The second-order valence-corrected chi connectivity index (χ2v) is 10.3. The number of phenolic OH excluding ortho intramolecular Hbond substituents is 2. The summed E-state index contributed by atoms with van der Waals surface area (Å²) in [6.07, 6.45) is 3.89. The molecule has 0 aliphatic heterocycles. The fraction of sp³-hybridized carbons (Fsp3) is 0.500. The van der Waals surface area contributed by atoms with Crippen molar-refractivity contribution in [3.05, 3.63) is 58.7 Å². The smallest absolute Gasteiger partial charge is 0.310 e. The van der Waals surface area contributed by atoms with Crippen molar-refractivity contribution in [2.24, 2.45) is 23.7 Å². The summed E-state index contributed by atoms with van der Waals surface area (Å²) in [5.74, 6) is -1.70. The highest BCUT2D eigenvalue weighted by Crippen LogP contribution is 2.52. The zero-order chi connectivity index (χ0) is 24.6. The van der Waals surface area contributed by atoms with Gasteiger partial charge in [-0.05, 0) is 92.2 Å². The van der Waals surface area contributed by atoms with E-state index in [4.69, 9.17) is 4.74 Å². The number of rotatable bonds is 8. The van der Waals surface area contributed by atoms with Gasteiger partial charge in [0.15, 0.2) is 0 Å². The lowest BCUT2D eigenvalue weighted by Gasteiger charge is -2.32. The molecular formula is C28H34O6. The van der Waals surface area contributed by atoms with Gasteiger partial charge in [-0.25, -0.2) is 0 Å². The van der Waals surface area contributed by atoms with Crippen molar-refractivity contribution in [2.45, 2.75) is 58.3 Å². The molecule has 2 bridgehead atoms. The van der Waals surface area contributed by atoms with Gasteiger partial charge in [-0.15, -0.1) is 0 Å². The fourth-order valence-electron chi connectivity index (χ4n) is 6.13. The summed E-state index contributed by atoms with van der Waals surface area (Å²) in [5, 5.41) is 29.7. The van der Waals surface area contributed by atoms with Gasteiger partial charge in [0.1, 0.15) is 11.5 Å². The van der Waals surface area contributed by atoms with E-state index in [1.54, 1.807) is 12.1 Å². The Morgan fingerprint density at radius 2 is 1.47 bits per heavy atom. The first-order valence-electron chi connectivity index (χ1n) is 12.1. The average molecular weight is 467 g/mol. The number of phenols is 2. The normalized spacial score (nSPS) is 23.7. The van der Waals surface area contributed by atoms with Crippen LogP contribution in [0.3, 0.4) is 0 Å². The predicted molar refractivity (Wildman–Crippen MR) is 128 cm³/mol. The molecule has 0 saturated heterocycles. The zero-order valence-corrected chi connectivity index (χ0v) is 20.1. The van der Waals surface area contributed by atoms with E-state index in [-0.39, 0.29) is 35.9 Å². The molecule has 182 valence electrons. The van der Waals surface area contributed by atoms with Crippen molar-refractivity contribution in [1.82, 2.24) is 0 Å². The van der Waals surface area contributed by atoms with E-state index in [1.807, 2.05) is 38.1 Å². The third-order valence-electron chi connectivity index (χ3n) is 8.21. The maximum atomic E-state index is 12.8. The summed E-state index contributed by atoms with van der Waals surface area (Å²) in [4.78, 5) is 24.6. The van der Waals surface area contributed by atoms with Gasteiger partial charge in [0.05, 0.1) is 18.4 Å². The second-order valence-electron chi connectivity index (χ2n) is 10.3. The van der Waals surface area contributed by atoms with Gasteiger partial charge < -0.3 is 20.1 Å². The van der Waals surface area contributed by atoms with Crippen LogP contribution in [0.1, 0.15) is 61.3 Å². The Balaban J connectivity index is 1.48. The topological polar surface area (TPSA) is 104 Å². The van der Waals surface area contributed by atoms with Crippen LogP contribution in [0.4, 0.5) is 0 Å². The molecule has 0 aromatic heterocycles. The third kappa shape index (κ3) is 4.38. The van der Waals surface area contributed by atoms with Gasteiger partial charge in [0, 0.05) is 5.41 Å². The van der Waals surface area contributed by atoms with Gasteiger partial charge in [-0.3, -0.25) is 9.59 Å². The molecule has 6 nitrogen and oxygen atoms in total. The number of carboxylic acid groups (broad SMARTS) is 1. The number of aryl methyl sites for hydroxylation is 2. The number of hydrogen-bond acceptors (Lipinski definition) is 5. The molecule has 2 aromatic rings.